The summed E-state index contributed by atoms with van der Waals surface area (Å²) in [6.07, 6.45) is 11.1. The summed E-state index contributed by atoms with van der Waals surface area (Å²) in [6, 6.07) is 0. The number of aliphatic carboxylic acids is 1. The quantitative estimate of drug-likeness (QED) is 0.461. The van der Waals surface area contributed by atoms with E-state index in [0.717, 1.165) is 12.8 Å². The van der Waals surface area contributed by atoms with Crippen LogP contribution in [0.2, 0.25) is 0 Å². The van der Waals surface area contributed by atoms with Crippen LogP contribution in [0.15, 0.2) is 0 Å². The molecule has 0 heterocycles. The van der Waals surface area contributed by atoms with Crippen LogP contribution >= 0.6 is 0 Å². The third-order valence-corrected chi connectivity index (χ3v) is 2.91. The molecular weight excluding hydrogens is 212 g/mol. The molecule has 3 heteroatoms. The SMILES string of the molecule is CCCCCCCCCCC(C)C(=O)O.[H-].[H-].[Mg+2]. The van der Waals surface area contributed by atoms with Gasteiger partial charge in [0.05, 0.1) is 5.92 Å². The zero-order valence-corrected chi connectivity index (χ0v) is 12.4. The second kappa shape index (κ2) is 13.3. The first-order valence-electron chi connectivity index (χ1n) is 6.41. The molecule has 0 aromatic carbocycles. The number of carboxylic acids is 1. The summed E-state index contributed by atoms with van der Waals surface area (Å²) in [6.45, 7) is 4.02. The fraction of sp³-hybridized carbons (Fsp3) is 0.923. The summed E-state index contributed by atoms with van der Waals surface area (Å²) in [4.78, 5) is 10.5. The van der Waals surface area contributed by atoms with Gasteiger partial charge in [0, 0.05) is 0 Å². The minimum atomic E-state index is -0.655. The summed E-state index contributed by atoms with van der Waals surface area (Å²) < 4.78 is 0. The second-order valence-corrected chi connectivity index (χ2v) is 4.50. The Labute approximate surface area is 119 Å². The molecule has 16 heavy (non-hydrogen) atoms. The molecule has 0 rings (SSSR count). The molecule has 0 amide bonds. The normalized spacial score (nSPS) is 11.9. The molecule has 0 saturated heterocycles. The molecule has 0 aromatic heterocycles. The zero-order valence-electron chi connectivity index (χ0n) is 13.0. The largest absolute Gasteiger partial charge is 2.00 e. The topological polar surface area (TPSA) is 37.3 Å². The molecule has 0 fully saturated rings. The van der Waals surface area contributed by atoms with E-state index in [-0.39, 0.29) is 31.8 Å². The Balaban J connectivity index is -0.000000327. The van der Waals surface area contributed by atoms with Crippen molar-refractivity contribution in [3.63, 3.8) is 0 Å². The molecule has 1 N–H and O–H groups in total. The van der Waals surface area contributed by atoms with Crippen LogP contribution in [0.4, 0.5) is 0 Å². The standard InChI is InChI=1S/C13H26O2.Mg.2H/c1-3-4-5-6-7-8-9-10-11-12(2)13(14)15;;;/h12H,3-11H2,1-2H3,(H,14,15);;;/q;+2;2*-1. The van der Waals surface area contributed by atoms with Gasteiger partial charge in [-0.25, -0.2) is 0 Å². The van der Waals surface area contributed by atoms with Crippen LogP contribution in [0.25, 0.3) is 0 Å². The molecule has 0 aliphatic carbocycles. The number of hydrogen-bond acceptors (Lipinski definition) is 1. The van der Waals surface area contributed by atoms with Crippen LogP contribution < -0.4 is 0 Å². The molecule has 2 nitrogen and oxygen atoms in total. The van der Waals surface area contributed by atoms with Gasteiger partial charge in [0.2, 0.25) is 0 Å². The fourth-order valence-electron chi connectivity index (χ4n) is 1.71. The molecule has 0 radical (unpaired) electrons. The van der Waals surface area contributed by atoms with E-state index >= 15 is 0 Å². The first kappa shape index (κ1) is 18.6. The third-order valence-electron chi connectivity index (χ3n) is 2.91. The molecule has 94 valence electrons. The van der Waals surface area contributed by atoms with Crippen molar-refractivity contribution >= 4 is 29.0 Å². The van der Waals surface area contributed by atoms with Gasteiger partial charge < -0.3 is 7.96 Å². The van der Waals surface area contributed by atoms with E-state index in [2.05, 4.69) is 6.92 Å². The Hall–Kier alpha value is 0.236. The second-order valence-electron chi connectivity index (χ2n) is 4.50. The smallest absolute Gasteiger partial charge is 1.00 e. The maximum atomic E-state index is 10.5. The number of rotatable bonds is 10. The molecule has 0 bridgehead atoms. The van der Waals surface area contributed by atoms with E-state index in [0.29, 0.717) is 0 Å². The van der Waals surface area contributed by atoms with Crippen LogP contribution in [0.5, 0.6) is 0 Å². The van der Waals surface area contributed by atoms with E-state index in [9.17, 15) is 4.79 Å². The first-order chi connectivity index (χ1) is 7.18. The van der Waals surface area contributed by atoms with Crippen LogP contribution in [0, 0.1) is 5.92 Å². The van der Waals surface area contributed by atoms with Gasteiger partial charge in [-0.3, -0.25) is 4.79 Å². The summed E-state index contributed by atoms with van der Waals surface area (Å²) in [5.41, 5.74) is 0. The van der Waals surface area contributed by atoms with E-state index in [1.165, 1.54) is 44.9 Å². The zero-order chi connectivity index (χ0) is 11.5. The predicted octanol–water partition coefficient (Wildman–Crippen LogP) is 4.08. The van der Waals surface area contributed by atoms with E-state index in [1.54, 1.807) is 6.92 Å². The average molecular weight is 241 g/mol. The molecule has 0 spiro atoms. The van der Waals surface area contributed by atoms with Crippen LogP contribution in [-0.2, 0) is 4.79 Å². The van der Waals surface area contributed by atoms with E-state index < -0.39 is 5.97 Å². The van der Waals surface area contributed by atoms with Gasteiger partial charge in [0.25, 0.3) is 0 Å². The third kappa shape index (κ3) is 12.3. The van der Waals surface area contributed by atoms with Crippen molar-refractivity contribution in [2.45, 2.75) is 71.6 Å². The maximum Gasteiger partial charge on any atom is 2.00 e. The molecule has 0 aliphatic heterocycles. The van der Waals surface area contributed by atoms with Gasteiger partial charge in [0.15, 0.2) is 0 Å². The monoisotopic (exact) mass is 240 g/mol. The number of hydrogen-bond donors (Lipinski definition) is 1. The van der Waals surface area contributed by atoms with Crippen LogP contribution in [-0.4, -0.2) is 34.1 Å². The Kier molecular flexibility index (Phi) is 15.5. The van der Waals surface area contributed by atoms with Crippen molar-refractivity contribution < 1.29 is 12.8 Å². The summed E-state index contributed by atoms with van der Waals surface area (Å²) in [5, 5.41) is 8.68. The summed E-state index contributed by atoms with van der Waals surface area (Å²) in [7, 11) is 0. The van der Waals surface area contributed by atoms with Gasteiger partial charge in [-0.2, -0.15) is 0 Å². The van der Waals surface area contributed by atoms with Crippen molar-refractivity contribution in [1.29, 1.82) is 0 Å². The Bertz CT molecular complexity index is 169. The Morgan fingerprint density at radius 2 is 1.50 bits per heavy atom. The molecule has 0 saturated carbocycles. The van der Waals surface area contributed by atoms with Crippen molar-refractivity contribution in [2.75, 3.05) is 0 Å². The van der Waals surface area contributed by atoms with Gasteiger partial charge in [-0.1, -0.05) is 65.2 Å². The van der Waals surface area contributed by atoms with Crippen molar-refractivity contribution in [2.24, 2.45) is 5.92 Å². The van der Waals surface area contributed by atoms with Crippen molar-refractivity contribution in [1.82, 2.24) is 0 Å². The van der Waals surface area contributed by atoms with Gasteiger partial charge in [-0.15, -0.1) is 0 Å². The van der Waals surface area contributed by atoms with Gasteiger partial charge in [0.1, 0.15) is 0 Å². The van der Waals surface area contributed by atoms with E-state index in [4.69, 9.17) is 5.11 Å². The maximum absolute atomic E-state index is 10.5. The Morgan fingerprint density at radius 3 is 1.94 bits per heavy atom. The number of carboxylic acid groups (broad SMARTS) is 1. The number of unbranched alkanes of at least 4 members (excludes halogenated alkanes) is 7. The average Bonchev–Trinajstić information content (AvgIpc) is 2.21. The minimum absolute atomic E-state index is 0. The van der Waals surface area contributed by atoms with Gasteiger partial charge >= 0.3 is 29.0 Å². The molecule has 0 aliphatic rings. The summed E-state index contributed by atoms with van der Waals surface area (Å²) in [5.74, 6) is -0.817. The molecule has 1 atom stereocenters. The predicted molar refractivity (Wildman–Crippen MR) is 72.0 cm³/mol. The summed E-state index contributed by atoms with van der Waals surface area (Å²) >= 11 is 0. The Morgan fingerprint density at radius 1 is 1.06 bits per heavy atom. The van der Waals surface area contributed by atoms with E-state index in [1.807, 2.05) is 0 Å². The van der Waals surface area contributed by atoms with Crippen molar-refractivity contribution in [3.05, 3.63) is 0 Å². The van der Waals surface area contributed by atoms with Crippen LogP contribution in [0.3, 0.4) is 0 Å². The van der Waals surface area contributed by atoms with Crippen LogP contribution in [0.1, 0.15) is 74.5 Å². The molecule has 0 aromatic rings. The van der Waals surface area contributed by atoms with Crippen molar-refractivity contribution in [3.8, 4) is 0 Å². The fourth-order valence-corrected chi connectivity index (χ4v) is 1.71. The molecule has 1 unspecified atom stereocenters. The molecular formula is C13H28MgO2. The van der Waals surface area contributed by atoms with Gasteiger partial charge in [-0.05, 0) is 6.42 Å². The number of carbonyl (C=O) groups is 1. The first-order valence-corrected chi connectivity index (χ1v) is 6.41. The minimum Gasteiger partial charge on any atom is -1.00 e.